The molecule has 0 aliphatic heterocycles. The van der Waals surface area contributed by atoms with E-state index in [9.17, 15) is 9.59 Å². The number of hydrogen-bond donors (Lipinski definition) is 2. The average molecular weight is 176 g/mol. The summed E-state index contributed by atoms with van der Waals surface area (Å²) in [5.41, 5.74) is 8.94. The first-order valence-corrected chi connectivity index (χ1v) is 3.90. The lowest BCUT2D eigenvalue weighted by molar-refractivity contribution is -0.116. The predicted molar refractivity (Wildman–Crippen MR) is 50.3 cm³/mol. The van der Waals surface area contributed by atoms with Gasteiger partial charge in [-0.1, -0.05) is 26.7 Å². The lowest BCUT2D eigenvalue weighted by atomic mass is 10.4. The van der Waals surface area contributed by atoms with Crippen molar-refractivity contribution in [3.8, 4) is 0 Å². The molecule has 0 bridgehead atoms. The molecule has 0 aromatic rings. The molecule has 0 saturated carbocycles. The van der Waals surface area contributed by atoms with Crippen LogP contribution in [0.5, 0.6) is 0 Å². The van der Waals surface area contributed by atoms with E-state index in [2.05, 4.69) is 25.3 Å². The van der Waals surface area contributed by atoms with Crippen LogP contribution in [0.2, 0.25) is 0 Å². The Morgan fingerprint density at radius 1 is 0.917 bits per heavy atom. The summed E-state index contributed by atoms with van der Waals surface area (Å²) in [6, 6.07) is 0. The van der Waals surface area contributed by atoms with Crippen molar-refractivity contribution in [3.05, 3.63) is 0 Å². The summed E-state index contributed by atoms with van der Waals surface area (Å²) >= 11 is 0. The summed E-state index contributed by atoms with van der Waals surface area (Å²) in [5, 5.41) is 0. The Bertz CT molecular complexity index is 91.6. The highest BCUT2D eigenvalue weighted by molar-refractivity contribution is 5.70. The van der Waals surface area contributed by atoms with Crippen LogP contribution in [0.1, 0.15) is 40.5 Å². The molecule has 0 saturated heterocycles. The van der Waals surface area contributed by atoms with Gasteiger partial charge in [-0.05, 0) is 0 Å². The van der Waals surface area contributed by atoms with Crippen LogP contribution < -0.4 is 11.5 Å². The summed E-state index contributed by atoms with van der Waals surface area (Å²) in [6.45, 7) is 6.97. The maximum absolute atomic E-state index is 9.22. The number of carbonyl (C=O) groups is 2. The molecular formula is C8H20N2O2. The summed E-state index contributed by atoms with van der Waals surface area (Å²) < 4.78 is 0. The van der Waals surface area contributed by atoms with E-state index in [0.717, 1.165) is 0 Å². The van der Waals surface area contributed by atoms with Gasteiger partial charge in [-0.15, -0.1) is 0 Å². The van der Waals surface area contributed by atoms with E-state index in [0.29, 0.717) is 0 Å². The zero-order valence-electron chi connectivity index (χ0n) is 8.39. The minimum atomic E-state index is -0.333. The van der Waals surface area contributed by atoms with Gasteiger partial charge in [-0.2, -0.15) is 0 Å². The fourth-order valence-corrected chi connectivity index (χ4v) is 0. The Morgan fingerprint density at radius 3 is 1.00 bits per heavy atom. The van der Waals surface area contributed by atoms with Crippen molar-refractivity contribution in [2.24, 2.45) is 11.5 Å². The zero-order chi connectivity index (χ0) is 10.6. The third kappa shape index (κ3) is 157000. The predicted octanol–water partition coefficient (Wildman–Crippen LogP) is 0.790. The second-order valence-corrected chi connectivity index (χ2v) is 2.22. The van der Waals surface area contributed by atoms with E-state index in [1.807, 2.05) is 0 Å². The smallest absolute Gasteiger partial charge is 0.214 e. The quantitative estimate of drug-likeness (QED) is 0.618. The molecule has 0 aromatic heterocycles. The number of unbranched alkanes of at least 4 members (excludes halogenated alkanes) is 1. The Hall–Kier alpha value is -1.06. The third-order valence-corrected chi connectivity index (χ3v) is 0.500. The molecule has 4 heteroatoms. The topological polar surface area (TPSA) is 86.2 Å². The maximum Gasteiger partial charge on any atom is 0.214 e. The first-order chi connectivity index (χ1) is 5.38. The van der Waals surface area contributed by atoms with E-state index in [1.54, 1.807) is 0 Å². The van der Waals surface area contributed by atoms with Gasteiger partial charge in [0.2, 0.25) is 11.8 Å². The van der Waals surface area contributed by atoms with E-state index in [4.69, 9.17) is 0 Å². The van der Waals surface area contributed by atoms with Crippen LogP contribution in [-0.2, 0) is 9.59 Å². The van der Waals surface area contributed by atoms with Crippen LogP contribution in [0.15, 0.2) is 0 Å². The van der Waals surface area contributed by atoms with E-state index in [-0.39, 0.29) is 11.8 Å². The van der Waals surface area contributed by atoms with Crippen LogP contribution in [0, 0.1) is 0 Å². The van der Waals surface area contributed by atoms with Gasteiger partial charge in [0.15, 0.2) is 0 Å². The maximum atomic E-state index is 9.22. The molecule has 0 rings (SSSR count). The molecule has 0 unspecified atom stereocenters. The van der Waals surface area contributed by atoms with Gasteiger partial charge in [0.05, 0.1) is 0 Å². The first-order valence-electron chi connectivity index (χ1n) is 3.90. The molecule has 0 heterocycles. The van der Waals surface area contributed by atoms with Crippen molar-refractivity contribution in [1.29, 1.82) is 0 Å². The molecular weight excluding hydrogens is 156 g/mol. The van der Waals surface area contributed by atoms with Crippen LogP contribution in [0.25, 0.3) is 0 Å². The lowest BCUT2D eigenvalue weighted by Crippen LogP contribution is -2.01. The van der Waals surface area contributed by atoms with Crippen molar-refractivity contribution in [3.63, 3.8) is 0 Å². The van der Waals surface area contributed by atoms with Crippen molar-refractivity contribution < 1.29 is 9.59 Å². The highest BCUT2D eigenvalue weighted by atomic mass is 16.1. The summed E-state index contributed by atoms with van der Waals surface area (Å²) in [5.74, 6) is -0.667. The van der Waals surface area contributed by atoms with Gasteiger partial charge >= 0.3 is 0 Å². The van der Waals surface area contributed by atoms with Crippen LogP contribution in [0.3, 0.4) is 0 Å². The molecule has 0 aromatic carbocycles. The number of nitrogens with two attached hydrogens (primary N) is 2. The molecule has 74 valence electrons. The number of carbonyl (C=O) groups excluding carboxylic acids is 2. The molecule has 0 radical (unpaired) electrons. The zero-order valence-corrected chi connectivity index (χ0v) is 8.39. The normalized spacial score (nSPS) is 6.67. The SMILES string of the molecule is CC(N)=O.CC(N)=O.CCCC. The summed E-state index contributed by atoms with van der Waals surface area (Å²) in [4.78, 5) is 18.4. The number of primary amides is 2. The molecule has 4 N–H and O–H groups in total. The third-order valence-electron chi connectivity index (χ3n) is 0.500. The van der Waals surface area contributed by atoms with Gasteiger partial charge < -0.3 is 11.5 Å². The highest BCUT2D eigenvalue weighted by Gasteiger charge is 1.62. The van der Waals surface area contributed by atoms with Gasteiger partial charge in [0.1, 0.15) is 0 Å². The Balaban J connectivity index is -0.000000101. The second-order valence-electron chi connectivity index (χ2n) is 2.22. The number of hydrogen-bond acceptors (Lipinski definition) is 2. The van der Waals surface area contributed by atoms with E-state index >= 15 is 0 Å². The fourth-order valence-electron chi connectivity index (χ4n) is 0. The number of amides is 2. The molecule has 0 atom stereocenters. The molecule has 0 fully saturated rings. The molecule has 4 nitrogen and oxygen atoms in total. The number of rotatable bonds is 1. The summed E-state index contributed by atoms with van der Waals surface area (Å²) in [6.07, 6.45) is 2.64. The van der Waals surface area contributed by atoms with Crippen molar-refractivity contribution in [1.82, 2.24) is 0 Å². The first kappa shape index (κ1) is 17.1. The average Bonchev–Trinajstić information content (AvgIpc) is 1.85. The Kier molecular flexibility index (Phi) is 23.6. The largest absolute Gasteiger partial charge is 0.370 e. The fraction of sp³-hybridized carbons (Fsp3) is 0.750. The van der Waals surface area contributed by atoms with Crippen molar-refractivity contribution in [2.75, 3.05) is 0 Å². The minimum absolute atomic E-state index is 0.333. The Labute approximate surface area is 74.3 Å². The highest BCUT2D eigenvalue weighted by Crippen LogP contribution is 1.76. The van der Waals surface area contributed by atoms with Crippen molar-refractivity contribution >= 4 is 11.8 Å². The Morgan fingerprint density at radius 2 is 1.00 bits per heavy atom. The van der Waals surface area contributed by atoms with Gasteiger partial charge in [-0.3, -0.25) is 9.59 Å². The lowest BCUT2D eigenvalue weighted by Gasteiger charge is -1.68. The van der Waals surface area contributed by atoms with Crippen LogP contribution in [0.4, 0.5) is 0 Å². The van der Waals surface area contributed by atoms with E-state index in [1.165, 1.54) is 26.7 Å². The molecule has 2 amide bonds. The van der Waals surface area contributed by atoms with Gasteiger partial charge in [-0.25, -0.2) is 0 Å². The minimum Gasteiger partial charge on any atom is -0.370 e. The van der Waals surface area contributed by atoms with Gasteiger partial charge in [0.25, 0.3) is 0 Å². The standard InChI is InChI=1S/C4H10.2C2H5NO/c1-3-4-2;2*1-2(3)4/h3-4H2,1-2H3;2*1H3,(H2,3,4). The van der Waals surface area contributed by atoms with Crippen LogP contribution in [-0.4, -0.2) is 11.8 Å². The van der Waals surface area contributed by atoms with Crippen LogP contribution >= 0.6 is 0 Å². The molecule has 0 aliphatic carbocycles. The van der Waals surface area contributed by atoms with Gasteiger partial charge in [0, 0.05) is 13.8 Å². The molecule has 0 spiro atoms. The van der Waals surface area contributed by atoms with E-state index < -0.39 is 0 Å². The molecule has 0 aliphatic rings. The monoisotopic (exact) mass is 176 g/mol. The second kappa shape index (κ2) is 16.5. The summed E-state index contributed by atoms with van der Waals surface area (Å²) in [7, 11) is 0. The molecule has 12 heavy (non-hydrogen) atoms. The van der Waals surface area contributed by atoms with Crippen molar-refractivity contribution in [2.45, 2.75) is 40.5 Å².